The van der Waals surface area contributed by atoms with Crippen molar-refractivity contribution in [3.8, 4) is 0 Å². The van der Waals surface area contributed by atoms with Crippen molar-refractivity contribution in [1.82, 2.24) is 10.3 Å². The predicted molar refractivity (Wildman–Crippen MR) is 56.5 cm³/mol. The van der Waals surface area contributed by atoms with E-state index >= 15 is 0 Å². The molecule has 0 aromatic carbocycles. The molecule has 0 bridgehead atoms. The van der Waals surface area contributed by atoms with Crippen molar-refractivity contribution < 1.29 is 4.79 Å². The monoisotopic (exact) mass is 199 g/mol. The summed E-state index contributed by atoms with van der Waals surface area (Å²) < 4.78 is 0. The Morgan fingerprint density at radius 1 is 1.50 bits per heavy atom. The lowest BCUT2D eigenvalue weighted by Crippen LogP contribution is -2.33. The number of nitrogens with zero attached hydrogens (tertiary/aromatic N) is 1. The highest BCUT2D eigenvalue weighted by molar-refractivity contribution is 5.75. The van der Waals surface area contributed by atoms with Crippen LogP contribution in [0.1, 0.15) is 38.5 Å². The first-order valence-corrected chi connectivity index (χ1v) is 5.43. The SMILES string of the molecule is CN(CCCC(=O)NN)C1CCCC1. The van der Waals surface area contributed by atoms with Crippen LogP contribution in [0.25, 0.3) is 0 Å². The molecule has 0 radical (unpaired) electrons. The third kappa shape index (κ3) is 3.64. The van der Waals surface area contributed by atoms with Crippen molar-refractivity contribution in [2.45, 2.75) is 44.6 Å². The molecule has 4 nitrogen and oxygen atoms in total. The minimum Gasteiger partial charge on any atom is -0.303 e. The van der Waals surface area contributed by atoms with Gasteiger partial charge in [-0.1, -0.05) is 12.8 Å². The van der Waals surface area contributed by atoms with Gasteiger partial charge >= 0.3 is 0 Å². The Morgan fingerprint density at radius 2 is 2.14 bits per heavy atom. The van der Waals surface area contributed by atoms with E-state index in [1.807, 2.05) is 0 Å². The second-order valence-corrected chi connectivity index (χ2v) is 4.09. The maximum atomic E-state index is 10.9. The number of hydrogen-bond donors (Lipinski definition) is 2. The second-order valence-electron chi connectivity index (χ2n) is 4.09. The zero-order chi connectivity index (χ0) is 10.4. The zero-order valence-electron chi connectivity index (χ0n) is 8.96. The maximum absolute atomic E-state index is 10.9. The molecule has 0 spiro atoms. The first-order chi connectivity index (χ1) is 6.74. The molecule has 4 heteroatoms. The third-order valence-corrected chi connectivity index (χ3v) is 3.02. The highest BCUT2D eigenvalue weighted by Crippen LogP contribution is 2.22. The lowest BCUT2D eigenvalue weighted by Gasteiger charge is -2.23. The number of carbonyl (C=O) groups excluding carboxylic acids is 1. The van der Waals surface area contributed by atoms with Crippen LogP contribution in [-0.2, 0) is 4.79 Å². The summed E-state index contributed by atoms with van der Waals surface area (Å²) in [6.45, 7) is 0.998. The Morgan fingerprint density at radius 3 is 2.71 bits per heavy atom. The van der Waals surface area contributed by atoms with E-state index in [0.29, 0.717) is 6.42 Å². The van der Waals surface area contributed by atoms with Gasteiger partial charge in [0.05, 0.1) is 0 Å². The Balaban J connectivity index is 2.08. The van der Waals surface area contributed by atoms with Gasteiger partial charge < -0.3 is 4.90 Å². The van der Waals surface area contributed by atoms with Crippen LogP contribution in [-0.4, -0.2) is 30.4 Å². The van der Waals surface area contributed by atoms with Crippen molar-refractivity contribution in [1.29, 1.82) is 0 Å². The van der Waals surface area contributed by atoms with Gasteiger partial charge in [-0.15, -0.1) is 0 Å². The smallest absolute Gasteiger partial charge is 0.233 e. The summed E-state index contributed by atoms with van der Waals surface area (Å²) >= 11 is 0. The van der Waals surface area contributed by atoms with E-state index in [0.717, 1.165) is 19.0 Å². The van der Waals surface area contributed by atoms with Crippen LogP contribution in [0.3, 0.4) is 0 Å². The molecule has 0 atom stereocenters. The molecule has 1 aliphatic carbocycles. The number of hydrogen-bond acceptors (Lipinski definition) is 3. The molecular weight excluding hydrogens is 178 g/mol. The molecule has 0 aromatic heterocycles. The van der Waals surface area contributed by atoms with Crippen LogP contribution in [0.15, 0.2) is 0 Å². The van der Waals surface area contributed by atoms with Crippen molar-refractivity contribution in [2.75, 3.05) is 13.6 Å². The lowest BCUT2D eigenvalue weighted by molar-refractivity contribution is -0.121. The molecule has 14 heavy (non-hydrogen) atoms. The summed E-state index contributed by atoms with van der Waals surface area (Å²) in [5.74, 6) is 4.93. The minimum absolute atomic E-state index is 0.0650. The van der Waals surface area contributed by atoms with E-state index in [9.17, 15) is 4.79 Å². The standard InChI is InChI=1S/C10H21N3O/c1-13(9-5-2-3-6-9)8-4-7-10(14)12-11/h9H,2-8,11H2,1H3,(H,12,14). The molecule has 0 unspecified atom stereocenters. The molecule has 1 aliphatic rings. The number of nitrogens with two attached hydrogens (primary N) is 1. The Kier molecular flexibility index (Phi) is 4.90. The van der Waals surface area contributed by atoms with Gasteiger partial charge in [0, 0.05) is 12.5 Å². The summed E-state index contributed by atoms with van der Waals surface area (Å²) in [6.07, 6.45) is 6.79. The topological polar surface area (TPSA) is 58.4 Å². The van der Waals surface area contributed by atoms with Crippen LogP contribution < -0.4 is 11.3 Å². The van der Waals surface area contributed by atoms with Crippen LogP contribution in [0, 0.1) is 0 Å². The lowest BCUT2D eigenvalue weighted by atomic mass is 10.2. The fourth-order valence-electron chi connectivity index (χ4n) is 2.09. The normalized spacial score (nSPS) is 17.6. The van der Waals surface area contributed by atoms with Gasteiger partial charge in [0.25, 0.3) is 0 Å². The number of amides is 1. The summed E-state index contributed by atoms with van der Waals surface area (Å²) in [5, 5.41) is 0. The molecule has 0 aromatic rings. The Labute approximate surface area is 85.8 Å². The van der Waals surface area contributed by atoms with Crippen molar-refractivity contribution in [3.63, 3.8) is 0 Å². The Hall–Kier alpha value is -0.610. The van der Waals surface area contributed by atoms with Crippen molar-refractivity contribution in [3.05, 3.63) is 0 Å². The first kappa shape index (κ1) is 11.5. The average molecular weight is 199 g/mol. The van der Waals surface area contributed by atoms with Gasteiger partial charge in [0.2, 0.25) is 5.91 Å². The highest BCUT2D eigenvalue weighted by Gasteiger charge is 2.18. The predicted octanol–water partition coefficient (Wildman–Crippen LogP) is 0.631. The van der Waals surface area contributed by atoms with E-state index in [1.165, 1.54) is 25.7 Å². The molecule has 1 rings (SSSR count). The zero-order valence-corrected chi connectivity index (χ0v) is 8.96. The molecule has 1 amide bonds. The van der Waals surface area contributed by atoms with Gasteiger partial charge in [-0.2, -0.15) is 0 Å². The number of rotatable bonds is 5. The van der Waals surface area contributed by atoms with Crippen LogP contribution in [0.4, 0.5) is 0 Å². The average Bonchev–Trinajstić information content (AvgIpc) is 2.70. The van der Waals surface area contributed by atoms with Gasteiger partial charge in [-0.05, 0) is 32.9 Å². The molecule has 0 aliphatic heterocycles. The van der Waals surface area contributed by atoms with E-state index in [-0.39, 0.29) is 5.91 Å². The van der Waals surface area contributed by atoms with E-state index in [4.69, 9.17) is 5.84 Å². The largest absolute Gasteiger partial charge is 0.303 e. The minimum atomic E-state index is -0.0650. The molecule has 1 fully saturated rings. The van der Waals surface area contributed by atoms with Crippen LogP contribution in [0.2, 0.25) is 0 Å². The van der Waals surface area contributed by atoms with Gasteiger partial charge in [-0.3, -0.25) is 10.2 Å². The van der Waals surface area contributed by atoms with E-state index < -0.39 is 0 Å². The third-order valence-electron chi connectivity index (χ3n) is 3.02. The number of nitrogens with one attached hydrogen (secondary N) is 1. The van der Waals surface area contributed by atoms with Gasteiger partial charge in [-0.25, -0.2) is 5.84 Å². The quantitative estimate of drug-likeness (QED) is 0.388. The van der Waals surface area contributed by atoms with Gasteiger partial charge in [0.1, 0.15) is 0 Å². The summed E-state index contributed by atoms with van der Waals surface area (Å²) in [6, 6.07) is 0.746. The summed E-state index contributed by atoms with van der Waals surface area (Å²) in [5.41, 5.74) is 2.15. The van der Waals surface area contributed by atoms with Crippen molar-refractivity contribution in [2.24, 2.45) is 5.84 Å². The van der Waals surface area contributed by atoms with E-state index in [2.05, 4.69) is 17.4 Å². The fraction of sp³-hybridized carbons (Fsp3) is 0.900. The number of carbonyl (C=O) groups is 1. The Bertz CT molecular complexity index is 178. The van der Waals surface area contributed by atoms with Crippen molar-refractivity contribution >= 4 is 5.91 Å². The van der Waals surface area contributed by atoms with Gasteiger partial charge in [0.15, 0.2) is 0 Å². The summed E-state index contributed by atoms with van der Waals surface area (Å²) in [4.78, 5) is 13.2. The maximum Gasteiger partial charge on any atom is 0.233 e. The first-order valence-electron chi connectivity index (χ1n) is 5.43. The molecule has 1 saturated carbocycles. The fourth-order valence-corrected chi connectivity index (χ4v) is 2.09. The molecular formula is C10H21N3O. The molecule has 0 saturated heterocycles. The highest BCUT2D eigenvalue weighted by atomic mass is 16.2. The molecule has 0 heterocycles. The van der Waals surface area contributed by atoms with Crippen LogP contribution in [0.5, 0.6) is 0 Å². The molecule has 3 N–H and O–H groups in total. The van der Waals surface area contributed by atoms with E-state index in [1.54, 1.807) is 0 Å². The molecule has 82 valence electrons. The van der Waals surface area contributed by atoms with Crippen LogP contribution >= 0.6 is 0 Å². The summed E-state index contributed by atoms with van der Waals surface area (Å²) in [7, 11) is 2.15. The number of hydrazine groups is 1. The second kappa shape index (κ2) is 5.98.